The Hall–Kier alpha value is -3.86. The largest absolute Gasteiger partial charge is 0.372 e. The van der Waals surface area contributed by atoms with E-state index in [0.717, 1.165) is 18.8 Å². The lowest BCUT2D eigenvalue weighted by Gasteiger charge is -2.24. The number of benzene rings is 2. The molecule has 13 heteroatoms. The highest BCUT2D eigenvalue weighted by Crippen LogP contribution is 2.41. The maximum atomic E-state index is 13.3. The Morgan fingerprint density at radius 1 is 1.02 bits per heavy atom. The Kier molecular flexibility index (Phi) is 9.37. The number of fused-ring (bicyclic) bond motifs is 1. The molecule has 0 aliphatic carbocycles. The van der Waals surface area contributed by atoms with Crippen molar-refractivity contribution in [2.75, 3.05) is 68.4 Å². The van der Waals surface area contributed by atoms with Crippen LogP contribution in [0.25, 0.3) is 11.0 Å². The SMILES string of the molecule is C=CC(=O)Nc1cc(Nc2ncc(Br)c(Nc3ccc4nccnc4c3P(C)(C)=O)n2)ccc1N(C)CCN(C)C. The number of hydrogen-bond donors (Lipinski definition) is 3. The second-order valence-electron chi connectivity index (χ2n) is 10.0. The normalized spacial score (nSPS) is 11.4. The van der Waals surface area contributed by atoms with Gasteiger partial charge < -0.3 is 30.3 Å². The predicted molar refractivity (Wildman–Crippen MR) is 172 cm³/mol. The van der Waals surface area contributed by atoms with Crippen LogP contribution in [0.5, 0.6) is 0 Å². The number of aromatic nitrogens is 4. The predicted octanol–water partition coefficient (Wildman–Crippen LogP) is 5.04. The molecule has 2 aromatic carbocycles. The van der Waals surface area contributed by atoms with Gasteiger partial charge in [0.05, 0.1) is 32.4 Å². The van der Waals surface area contributed by atoms with Crippen molar-refractivity contribution in [2.45, 2.75) is 0 Å². The van der Waals surface area contributed by atoms with Crippen LogP contribution >= 0.6 is 23.1 Å². The third-order valence-corrected chi connectivity index (χ3v) is 8.25. The molecule has 0 radical (unpaired) electrons. The molecule has 0 saturated carbocycles. The topological polar surface area (TPSA) is 128 Å². The summed E-state index contributed by atoms with van der Waals surface area (Å²) in [6.07, 6.45) is 6.05. The molecule has 4 aromatic rings. The fourth-order valence-electron chi connectivity index (χ4n) is 4.14. The smallest absolute Gasteiger partial charge is 0.247 e. The molecule has 214 valence electrons. The number of amides is 1. The molecule has 11 nitrogen and oxygen atoms in total. The van der Waals surface area contributed by atoms with Gasteiger partial charge >= 0.3 is 0 Å². The summed E-state index contributed by atoms with van der Waals surface area (Å²) in [4.78, 5) is 34.2. The van der Waals surface area contributed by atoms with Crippen LogP contribution in [0.15, 0.2) is 66.1 Å². The summed E-state index contributed by atoms with van der Waals surface area (Å²) < 4.78 is 13.9. The van der Waals surface area contributed by atoms with E-state index in [0.29, 0.717) is 49.6 Å². The molecule has 0 unspecified atom stereocenters. The van der Waals surface area contributed by atoms with E-state index in [4.69, 9.17) is 0 Å². The minimum atomic E-state index is -2.75. The van der Waals surface area contributed by atoms with E-state index in [-0.39, 0.29) is 5.91 Å². The molecule has 0 aliphatic rings. The third kappa shape index (κ3) is 7.46. The van der Waals surface area contributed by atoms with Crippen LogP contribution < -0.4 is 26.2 Å². The minimum absolute atomic E-state index is 0.309. The van der Waals surface area contributed by atoms with Crippen LogP contribution in [0.3, 0.4) is 0 Å². The Morgan fingerprint density at radius 2 is 1.78 bits per heavy atom. The first-order chi connectivity index (χ1) is 19.5. The van der Waals surface area contributed by atoms with Gasteiger partial charge in [-0.3, -0.25) is 14.8 Å². The average molecular weight is 639 g/mol. The summed E-state index contributed by atoms with van der Waals surface area (Å²) in [5, 5.41) is 10.0. The van der Waals surface area contributed by atoms with Crippen LogP contribution in [-0.2, 0) is 9.36 Å². The number of carbonyl (C=O) groups excluding carboxylic acids is 1. The van der Waals surface area contributed by atoms with Gasteiger partial charge in [-0.25, -0.2) is 4.98 Å². The Balaban J connectivity index is 1.65. The molecule has 4 rings (SSSR count). The van der Waals surface area contributed by atoms with Gasteiger partial charge in [0.1, 0.15) is 18.5 Å². The van der Waals surface area contributed by atoms with Gasteiger partial charge in [-0.05, 0) is 79.8 Å². The zero-order valence-corrected chi connectivity index (χ0v) is 26.1. The number of anilines is 6. The van der Waals surface area contributed by atoms with Crippen molar-refractivity contribution >= 4 is 79.8 Å². The first-order valence-corrected chi connectivity index (χ1v) is 16.1. The van der Waals surface area contributed by atoms with Crippen LogP contribution in [0.1, 0.15) is 0 Å². The van der Waals surface area contributed by atoms with Crippen molar-refractivity contribution in [3.63, 3.8) is 0 Å². The first kappa shape index (κ1) is 30.1. The molecular weight excluding hydrogens is 605 g/mol. The molecule has 0 spiro atoms. The molecule has 3 N–H and O–H groups in total. The van der Waals surface area contributed by atoms with Crippen molar-refractivity contribution in [3.8, 4) is 0 Å². The van der Waals surface area contributed by atoms with Gasteiger partial charge in [0.25, 0.3) is 0 Å². The summed E-state index contributed by atoms with van der Waals surface area (Å²) in [5.41, 5.74) is 4.03. The zero-order valence-electron chi connectivity index (χ0n) is 23.6. The fraction of sp³-hybridized carbons (Fsp3) is 0.250. The highest BCUT2D eigenvalue weighted by atomic mass is 79.9. The lowest BCUT2D eigenvalue weighted by Crippen LogP contribution is -2.29. The molecule has 2 aromatic heterocycles. The van der Waals surface area contributed by atoms with Crippen molar-refractivity contribution < 1.29 is 9.36 Å². The van der Waals surface area contributed by atoms with Crippen molar-refractivity contribution in [2.24, 2.45) is 0 Å². The van der Waals surface area contributed by atoms with Gasteiger partial charge in [0, 0.05) is 44.4 Å². The van der Waals surface area contributed by atoms with E-state index in [1.807, 2.05) is 51.5 Å². The van der Waals surface area contributed by atoms with Gasteiger partial charge in [-0.1, -0.05) is 6.58 Å². The minimum Gasteiger partial charge on any atom is -0.372 e. The molecule has 0 saturated heterocycles. The number of halogens is 1. The molecule has 0 bridgehead atoms. The number of nitrogens with zero attached hydrogens (tertiary/aromatic N) is 6. The van der Waals surface area contributed by atoms with Crippen LogP contribution in [0.2, 0.25) is 0 Å². The molecule has 0 aliphatic heterocycles. The Labute approximate surface area is 248 Å². The van der Waals surface area contributed by atoms with Gasteiger partial charge in [0.2, 0.25) is 11.9 Å². The van der Waals surface area contributed by atoms with Crippen LogP contribution in [-0.4, -0.2) is 78.3 Å². The van der Waals surface area contributed by atoms with E-state index >= 15 is 0 Å². The molecule has 1 amide bonds. The van der Waals surface area contributed by atoms with E-state index in [2.05, 4.69) is 68.2 Å². The van der Waals surface area contributed by atoms with E-state index < -0.39 is 7.14 Å². The lowest BCUT2D eigenvalue weighted by atomic mass is 10.2. The number of carbonyl (C=O) groups is 1. The monoisotopic (exact) mass is 637 g/mol. The summed E-state index contributed by atoms with van der Waals surface area (Å²) >= 11 is 3.52. The summed E-state index contributed by atoms with van der Waals surface area (Å²) in [5.74, 6) is 0.486. The van der Waals surface area contributed by atoms with Crippen molar-refractivity contribution in [1.29, 1.82) is 0 Å². The summed E-state index contributed by atoms with van der Waals surface area (Å²) in [6.45, 7) is 8.59. The fourth-order valence-corrected chi connectivity index (χ4v) is 5.82. The van der Waals surface area contributed by atoms with E-state index in [9.17, 15) is 9.36 Å². The van der Waals surface area contributed by atoms with Crippen LogP contribution in [0.4, 0.5) is 34.5 Å². The van der Waals surface area contributed by atoms with Gasteiger partial charge in [-0.2, -0.15) is 4.98 Å². The van der Waals surface area contributed by atoms with Gasteiger partial charge in [0.15, 0.2) is 0 Å². The quantitative estimate of drug-likeness (QED) is 0.152. The third-order valence-electron chi connectivity index (χ3n) is 6.14. The molecular formula is C28H33BrN9O2P. The molecule has 0 atom stereocenters. The number of nitrogens with one attached hydrogen (secondary N) is 3. The maximum absolute atomic E-state index is 13.3. The highest BCUT2D eigenvalue weighted by molar-refractivity contribution is 9.10. The average Bonchev–Trinajstić information content (AvgIpc) is 2.92. The zero-order chi connectivity index (χ0) is 29.7. The number of likely N-dealkylation sites (N-methyl/N-ethyl adjacent to an activating group) is 2. The van der Waals surface area contributed by atoms with Crippen molar-refractivity contribution in [1.82, 2.24) is 24.8 Å². The number of hydrogen-bond acceptors (Lipinski definition) is 10. The van der Waals surface area contributed by atoms with E-state index in [1.165, 1.54) is 6.08 Å². The highest BCUT2D eigenvalue weighted by Gasteiger charge is 2.22. The molecule has 41 heavy (non-hydrogen) atoms. The molecule has 0 fully saturated rings. The summed E-state index contributed by atoms with van der Waals surface area (Å²) in [7, 11) is 3.25. The summed E-state index contributed by atoms with van der Waals surface area (Å²) in [6, 6.07) is 9.30. The Morgan fingerprint density at radius 3 is 2.49 bits per heavy atom. The maximum Gasteiger partial charge on any atom is 0.247 e. The lowest BCUT2D eigenvalue weighted by molar-refractivity contribution is -0.111. The second kappa shape index (κ2) is 12.8. The molecule has 2 heterocycles. The van der Waals surface area contributed by atoms with Crippen LogP contribution in [0, 0.1) is 0 Å². The Bertz CT molecular complexity index is 1640. The number of rotatable bonds is 11. The van der Waals surface area contributed by atoms with Gasteiger partial charge in [-0.15, -0.1) is 0 Å². The standard InChI is InChI=1S/C28H33BrN9O2P/c1-7-24(39)34-22-16-18(8-11-23(22)38(4)15-14-37(2)3)33-28-32-17-19(29)27(36-28)35-21-10-9-20-25(31-13-12-30-20)26(21)41(5,6)40/h7-13,16-17H,1,14-15H2,2-6H3,(H,34,39)(H2,32,33,35,36). The first-order valence-electron chi connectivity index (χ1n) is 12.8. The second-order valence-corrected chi connectivity index (χ2v) is 14.0. The van der Waals surface area contributed by atoms with Crippen molar-refractivity contribution in [3.05, 3.63) is 66.1 Å². The van der Waals surface area contributed by atoms with E-state index in [1.54, 1.807) is 31.9 Å².